The third-order valence-corrected chi connectivity index (χ3v) is 4.60. The molecule has 0 heterocycles. The average Bonchev–Trinajstić information content (AvgIpc) is 2.88. The fourth-order valence-electron chi connectivity index (χ4n) is 3.43. The van der Waals surface area contributed by atoms with Gasteiger partial charge in [-0.1, -0.05) is 38.8 Å². The topological polar surface area (TPSA) is 12.0 Å². The molecule has 0 radical (unpaired) electrons. The van der Waals surface area contributed by atoms with Gasteiger partial charge < -0.3 is 5.32 Å². The van der Waals surface area contributed by atoms with Crippen molar-refractivity contribution >= 4 is 0 Å². The Labute approximate surface area is 116 Å². The number of hydrogen-bond acceptors (Lipinski definition) is 1. The van der Waals surface area contributed by atoms with Gasteiger partial charge in [0.05, 0.1) is 0 Å². The summed E-state index contributed by atoms with van der Waals surface area (Å²) in [6.45, 7) is 7.26. The summed E-state index contributed by atoms with van der Waals surface area (Å²) in [5.41, 5.74) is 2.01. The summed E-state index contributed by atoms with van der Waals surface area (Å²) in [5.74, 6) is 1.49. The molecule has 19 heavy (non-hydrogen) atoms. The molecule has 1 aliphatic carbocycles. The molecular formula is C17H26FN. The predicted molar refractivity (Wildman–Crippen MR) is 78.7 cm³/mol. The van der Waals surface area contributed by atoms with Crippen molar-refractivity contribution in [3.8, 4) is 0 Å². The van der Waals surface area contributed by atoms with Gasteiger partial charge in [0.2, 0.25) is 0 Å². The SMILES string of the molecule is CCNC(c1ccc(F)c(C)c1)C1CCC(CC)C1. The number of hydrogen-bond donors (Lipinski definition) is 1. The van der Waals surface area contributed by atoms with Crippen LogP contribution in [-0.4, -0.2) is 6.54 Å². The van der Waals surface area contributed by atoms with E-state index in [9.17, 15) is 4.39 Å². The van der Waals surface area contributed by atoms with Crippen LogP contribution in [0.4, 0.5) is 4.39 Å². The van der Waals surface area contributed by atoms with Gasteiger partial charge in [0.1, 0.15) is 5.82 Å². The van der Waals surface area contributed by atoms with E-state index in [1.807, 2.05) is 19.1 Å². The highest BCUT2D eigenvalue weighted by molar-refractivity contribution is 5.27. The average molecular weight is 263 g/mol. The lowest BCUT2D eigenvalue weighted by Crippen LogP contribution is -2.27. The van der Waals surface area contributed by atoms with Crippen LogP contribution in [0.5, 0.6) is 0 Å². The van der Waals surface area contributed by atoms with Crippen molar-refractivity contribution in [3.63, 3.8) is 0 Å². The Kier molecular flexibility index (Phi) is 4.98. The summed E-state index contributed by atoms with van der Waals surface area (Å²) in [6.07, 6.45) is 5.25. The van der Waals surface area contributed by atoms with E-state index in [0.717, 1.165) is 18.0 Å². The minimum Gasteiger partial charge on any atom is -0.310 e. The highest BCUT2D eigenvalue weighted by atomic mass is 19.1. The first-order chi connectivity index (χ1) is 9.15. The Morgan fingerprint density at radius 1 is 1.32 bits per heavy atom. The molecule has 1 aromatic rings. The van der Waals surface area contributed by atoms with E-state index in [1.54, 1.807) is 6.07 Å². The molecule has 0 amide bonds. The Morgan fingerprint density at radius 3 is 2.68 bits per heavy atom. The maximum absolute atomic E-state index is 13.4. The number of rotatable bonds is 5. The number of benzene rings is 1. The first kappa shape index (κ1) is 14.5. The maximum Gasteiger partial charge on any atom is 0.126 e. The number of aryl methyl sites for hydroxylation is 1. The molecule has 0 saturated heterocycles. The molecule has 106 valence electrons. The van der Waals surface area contributed by atoms with Crippen molar-refractivity contribution in [3.05, 3.63) is 35.1 Å². The smallest absolute Gasteiger partial charge is 0.126 e. The van der Waals surface area contributed by atoms with Crippen LogP contribution in [0.1, 0.15) is 56.7 Å². The molecule has 0 aliphatic heterocycles. The molecule has 2 rings (SSSR count). The van der Waals surface area contributed by atoms with Gasteiger partial charge in [-0.2, -0.15) is 0 Å². The normalized spacial score (nSPS) is 24.6. The van der Waals surface area contributed by atoms with E-state index >= 15 is 0 Å². The van der Waals surface area contributed by atoms with Gasteiger partial charge in [0, 0.05) is 6.04 Å². The van der Waals surface area contributed by atoms with Crippen molar-refractivity contribution in [1.29, 1.82) is 0 Å². The van der Waals surface area contributed by atoms with E-state index in [4.69, 9.17) is 0 Å². The largest absolute Gasteiger partial charge is 0.310 e. The second-order valence-electron chi connectivity index (χ2n) is 5.89. The van der Waals surface area contributed by atoms with Gasteiger partial charge in [-0.15, -0.1) is 0 Å². The summed E-state index contributed by atoms with van der Waals surface area (Å²) in [6, 6.07) is 5.97. The Bertz CT molecular complexity index is 416. The van der Waals surface area contributed by atoms with Gasteiger partial charge in [-0.25, -0.2) is 4.39 Å². The van der Waals surface area contributed by atoms with Gasteiger partial charge in [-0.3, -0.25) is 0 Å². The second kappa shape index (κ2) is 6.51. The first-order valence-electron chi connectivity index (χ1n) is 7.65. The minimum absolute atomic E-state index is 0.100. The summed E-state index contributed by atoms with van der Waals surface area (Å²) in [4.78, 5) is 0. The zero-order chi connectivity index (χ0) is 13.8. The molecule has 0 aromatic heterocycles. The van der Waals surface area contributed by atoms with Gasteiger partial charge >= 0.3 is 0 Å². The highest BCUT2D eigenvalue weighted by Gasteiger charge is 2.30. The van der Waals surface area contributed by atoms with E-state index in [1.165, 1.54) is 31.2 Å². The molecule has 0 spiro atoms. The molecule has 0 bridgehead atoms. The van der Waals surface area contributed by atoms with Crippen molar-refractivity contribution in [1.82, 2.24) is 5.32 Å². The molecule has 1 fully saturated rings. The van der Waals surface area contributed by atoms with Crippen LogP contribution in [0, 0.1) is 24.6 Å². The van der Waals surface area contributed by atoms with Crippen molar-refractivity contribution in [2.75, 3.05) is 6.54 Å². The predicted octanol–water partition coefficient (Wildman–Crippen LogP) is 4.61. The zero-order valence-corrected chi connectivity index (χ0v) is 12.4. The first-order valence-corrected chi connectivity index (χ1v) is 7.65. The van der Waals surface area contributed by atoms with Crippen LogP contribution < -0.4 is 5.32 Å². The lowest BCUT2D eigenvalue weighted by molar-refractivity contribution is 0.359. The summed E-state index contributed by atoms with van der Waals surface area (Å²) in [5, 5.41) is 3.61. The summed E-state index contributed by atoms with van der Waals surface area (Å²) in [7, 11) is 0. The van der Waals surface area contributed by atoms with Crippen molar-refractivity contribution < 1.29 is 4.39 Å². The van der Waals surface area contributed by atoms with Crippen LogP contribution in [-0.2, 0) is 0 Å². The van der Waals surface area contributed by atoms with E-state index in [0.29, 0.717) is 12.0 Å². The van der Waals surface area contributed by atoms with Crippen LogP contribution in [0.15, 0.2) is 18.2 Å². The quantitative estimate of drug-likeness (QED) is 0.818. The minimum atomic E-state index is -0.100. The Morgan fingerprint density at radius 2 is 2.11 bits per heavy atom. The lowest BCUT2D eigenvalue weighted by Gasteiger charge is -2.25. The molecule has 1 aromatic carbocycles. The van der Waals surface area contributed by atoms with E-state index in [2.05, 4.69) is 19.2 Å². The molecule has 2 heteroatoms. The molecule has 3 atom stereocenters. The monoisotopic (exact) mass is 263 g/mol. The fourth-order valence-corrected chi connectivity index (χ4v) is 3.43. The van der Waals surface area contributed by atoms with Gasteiger partial charge in [-0.05, 0) is 55.3 Å². The third kappa shape index (κ3) is 3.36. The van der Waals surface area contributed by atoms with E-state index < -0.39 is 0 Å². The summed E-state index contributed by atoms with van der Waals surface area (Å²) >= 11 is 0. The molecule has 1 saturated carbocycles. The molecule has 1 aliphatic rings. The molecular weight excluding hydrogens is 237 g/mol. The second-order valence-corrected chi connectivity index (χ2v) is 5.89. The standard InChI is InChI=1S/C17H26FN/c1-4-13-6-7-15(11-13)17(19-5-2)14-8-9-16(18)12(3)10-14/h8-10,13,15,17,19H,4-7,11H2,1-3H3. The summed E-state index contributed by atoms with van der Waals surface area (Å²) < 4.78 is 13.4. The van der Waals surface area contributed by atoms with Crippen molar-refractivity contribution in [2.24, 2.45) is 11.8 Å². The van der Waals surface area contributed by atoms with Gasteiger partial charge in [0.15, 0.2) is 0 Å². The molecule has 1 nitrogen and oxygen atoms in total. The van der Waals surface area contributed by atoms with E-state index in [-0.39, 0.29) is 5.82 Å². The third-order valence-electron chi connectivity index (χ3n) is 4.60. The Balaban J connectivity index is 2.17. The van der Waals surface area contributed by atoms with Crippen LogP contribution >= 0.6 is 0 Å². The molecule has 1 N–H and O–H groups in total. The van der Waals surface area contributed by atoms with Crippen molar-refractivity contribution in [2.45, 2.75) is 52.5 Å². The van der Waals surface area contributed by atoms with Crippen LogP contribution in [0.25, 0.3) is 0 Å². The number of halogens is 1. The zero-order valence-electron chi connectivity index (χ0n) is 12.4. The highest BCUT2D eigenvalue weighted by Crippen LogP contribution is 2.40. The molecule has 3 unspecified atom stereocenters. The fraction of sp³-hybridized carbons (Fsp3) is 0.647. The van der Waals surface area contributed by atoms with Gasteiger partial charge in [0.25, 0.3) is 0 Å². The Hall–Kier alpha value is -0.890. The van der Waals surface area contributed by atoms with Crippen LogP contribution in [0.2, 0.25) is 0 Å². The lowest BCUT2D eigenvalue weighted by atomic mass is 9.89. The number of nitrogens with one attached hydrogen (secondary N) is 1. The maximum atomic E-state index is 13.4. The van der Waals surface area contributed by atoms with Crippen LogP contribution in [0.3, 0.4) is 0 Å².